The van der Waals surface area contributed by atoms with Gasteiger partial charge in [-0.1, -0.05) is 35.9 Å². The summed E-state index contributed by atoms with van der Waals surface area (Å²) in [7, 11) is 0. The third-order valence-electron chi connectivity index (χ3n) is 4.83. The Labute approximate surface area is 149 Å². The van der Waals surface area contributed by atoms with Crippen molar-refractivity contribution in [3.05, 3.63) is 64.7 Å². The fourth-order valence-electron chi connectivity index (χ4n) is 3.47. The average Bonchev–Trinajstić information content (AvgIpc) is 2.61. The van der Waals surface area contributed by atoms with Crippen LogP contribution in [0.1, 0.15) is 41.5 Å². The highest BCUT2D eigenvalue weighted by atomic mass is 16.4. The van der Waals surface area contributed by atoms with Crippen molar-refractivity contribution in [3.8, 4) is 0 Å². The molecule has 0 spiro atoms. The molecular formula is C22H25NO2. The van der Waals surface area contributed by atoms with Crippen molar-refractivity contribution in [2.45, 2.75) is 33.1 Å². The predicted octanol–water partition coefficient (Wildman–Crippen LogP) is 4.92. The van der Waals surface area contributed by atoms with Crippen LogP contribution >= 0.6 is 0 Å². The van der Waals surface area contributed by atoms with E-state index in [0.29, 0.717) is 5.57 Å². The molecule has 0 radical (unpaired) electrons. The molecule has 0 amide bonds. The van der Waals surface area contributed by atoms with Crippen LogP contribution in [0.3, 0.4) is 0 Å². The van der Waals surface area contributed by atoms with Crippen molar-refractivity contribution >= 4 is 23.3 Å². The first-order valence-electron chi connectivity index (χ1n) is 8.92. The summed E-state index contributed by atoms with van der Waals surface area (Å²) in [5, 5.41) is 9.66. The summed E-state index contributed by atoms with van der Waals surface area (Å²) in [6, 6.07) is 14.1. The smallest absolute Gasteiger partial charge is 0.336 e. The van der Waals surface area contributed by atoms with Gasteiger partial charge in [-0.3, -0.25) is 0 Å². The van der Waals surface area contributed by atoms with Gasteiger partial charge in [0.05, 0.1) is 5.57 Å². The molecule has 0 unspecified atom stereocenters. The molecule has 3 nitrogen and oxygen atoms in total. The van der Waals surface area contributed by atoms with Crippen LogP contribution in [0.5, 0.6) is 0 Å². The van der Waals surface area contributed by atoms with E-state index < -0.39 is 5.97 Å². The van der Waals surface area contributed by atoms with Gasteiger partial charge in [0.15, 0.2) is 0 Å². The zero-order valence-electron chi connectivity index (χ0n) is 15.0. The number of hydrogen-bond donors (Lipinski definition) is 1. The lowest BCUT2D eigenvalue weighted by Crippen LogP contribution is -2.29. The molecule has 0 aromatic heterocycles. The molecule has 0 aliphatic carbocycles. The molecule has 0 bridgehead atoms. The summed E-state index contributed by atoms with van der Waals surface area (Å²) in [5.74, 6) is -0.896. The molecular weight excluding hydrogens is 310 g/mol. The van der Waals surface area contributed by atoms with Gasteiger partial charge in [-0.2, -0.15) is 0 Å². The van der Waals surface area contributed by atoms with Gasteiger partial charge in [-0.05, 0) is 68.0 Å². The van der Waals surface area contributed by atoms with E-state index in [0.717, 1.165) is 35.3 Å². The number of rotatable bonds is 4. The summed E-state index contributed by atoms with van der Waals surface area (Å²) in [4.78, 5) is 14.2. The Kier molecular flexibility index (Phi) is 5.22. The number of anilines is 1. The second-order valence-corrected chi connectivity index (χ2v) is 6.82. The second kappa shape index (κ2) is 7.56. The maximum absolute atomic E-state index is 11.8. The number of carboxylic acid groups (broad SMARTS) is 1. The molecule has 3 rings (SSSR count). The fraction of sp³-hybridized carbons (Fsp3) is 0.318. The van der Waals surface area contributed by atoms with Gasteiger partial charge in [-0.15, -0.1) is 0 Å². The molecule has 0 saturated carbocycles. The number of nitrogens with zero attached hydrogens (tertiary/aromatic N) is 1. The van der Waals surface area contributed by atoms with Gasteiger partial charge >= 0.3 is 5.97 Å². The molecule has 0 atom stereocenters. The van der Waals surface area contributed by atoms with Crippen molar-refractivity contribution in [2.75, 3.05) is 18.0 Å². The van der Waals surface area contributed by atoms with Crippen LogP contribution in [0.25, 0.3) is 11.6 Å². The van der Waals surface area contributed by atoms with Crippen LogP contribution in [0.4, 0.5) is 5.69 Å². The number of aryl methyl sites for hydroxylation is 2. The molecule has 1 saturated heterocycles. The quantitative estimate of drug-likeness (QED) is 0.637. The van der Waals surface area contributed by atoms with E-state index in [-0.39, 0.29) is 0 Å². The normalized spacial score (nSPS) is 15.3. The van der Waals surface area contributed by atoms with Crippen molar-refractivity contribution in [3.63, 3.8) is 0 Å². The molecule has 2 aromatic carbocycles. The molecule has 2 aromatic rings. The first-order chi connectivity index (χ1) is 12.0. The molecule has 1 N–H and O–H groups in total. The van der Waals surface area contributed by atoms with Gasteiger partial charge in [0.1, 0.15) is 0 Å². The van der Waals surface area contributed by atoms with E-state index in [1.807, 2.05) is 44.2 Å². The van der Waals surface area contributed by atoms with Crippen molar-refractivity contribution in [2.24, 2.45) is 0 Å². The number of piperidine rings is 1. The third kappa shape index (κ3) is 4.11. The summed E-state index contributed by atoms with van der Waals surface area (Å²) < 4.78 is 0. The zero-order chi connectivity index (χ0) is 17.8. The minimum atomic E-state index is -0.896. The predicted molar refractivity (Wildman–Crippen MR) is 104 cm³/mol. The van der Waals surface area contributed by atoms with Gasteiger partial charge in [-0.25, -0.2) is 4.79 Å². The molecule has 130 valence electrons. The SMILES string of the molecule is Cc1ccc(/C(=C/c2ccc(N3CCCCC3)cc2)C(=O)O)c(C)c1. The second-order valence-electron chi connectivity index (χ2n) is 6.82. The Morgan fingerprint density at radius 1 is 1.00 bits per heavy atom. The van der Waals surface area contributed by atoms with Crippen LogP contribution in [-0.2, 0) is 4.79 Å². The lowest BCUT2D eigenvalue weighted by Gasteiger charge is -2.28. The van der Waals surface area contributed by atoms with Crippen LogP contribution in [0.15, 0.2) is 42.5 Å². The molecule has 1 heterocycles. The minimum absolute atomic E-state index is 0.336. The molecule has 3 heteroatoms. The Morgan fingerprint density at radius 3 is 2.28 bits per heavy atom. The molecule has 1 aliphatic rings. The summed E-state index contributed by atoms with van der Waals surface area (Å²) in [5.41, 5.74) is 5.37. The maximum Gasteiger partial charge on any atom is 0.336 e. The van der Waals surface area contributed by atoms with Gasteiger partial charge < -0.3 is 10.0 Å². The van der Waals surface area contributed by atoms with Crippen LogP contribution in [0, 0.1) is 13.8 Å². The van der Waals surface area contributed by atoms with E-state index in [9.17, 15) is 9.90 Å². The highest BCUT2D eigenvalue weighted by Crippen LogP contribution is 2.25. The van der Waals surface area contributed by atoms with Crippen LogP contribution < -0.4 is 4.90 Å². The number of carboxylic acids is 1. The molecule has 1 fully saturated rings. The van der Waals surface area contributed by atoms with E-state index >= 15 is 0 Å². The Hall–Kier alpha value is -2.55. The first-order valence-corrected chi connectivity index (χ1v) is 8.92. The topological polar surface area (TPSA) is 40.5 Å². The van der Waals surface area contributed by atoms with E-state index in [4.69, 9.17) is 0 Å². The number of hydrogen-bond acceptors (Lipinski definition) is 2. The maximum atomic E-state index is 11.8. The Bertz CT molecular complexity index is 784. The Balaban J connectivity index is 1.89. The lowest BCUT2D eigenvalue weighted by atomic mass is 9.97. The summed E-state index contributed by atoms with van der Waals surface area (Å²) >= 11 is 0. The number of benzene rings is 2. The van der Waals surface area contributed by atoms with E-state index in [1.165, 1.54) is 24.9 Å². The minimum Gasteiger partial charge on any atom is -0.478 e. The number of carbonyl (C=O) groups is 1. The zero-order valence-corrected chi connectivity index (χ0v) is 15.0. The van der Waals surface area contributed by atoms with Crippen molar-refractivity contribution < 1.29 is 9.90 Å². The van der Waals surface area contributed by atoms with Crippen molar-refractivity contribution in [1.82, 2.24) is 0 Å². The van der Waals surface area contributed by atoms with Gasteiger partial charge in [0.2, 0.25) is 0 Å². The highest BCUT2D eigenvalue weighted by molar-refractivity contribution is 6.21. The van der Waals surface area contributed by atoms with E-state index in [1.54, 1.807) is 6.08 Å². The highest BCUT2D eigenvalue weighted by Gasteiger charge is 2.14. The number of aliphatic carboxylic acids is 1. The monoisotopic (exact) mass is 335 g/mol. The van der Waals surface area contributed by atoms with E-state index in [2.05, 4.69) is 17.0 Å². The summed E-state index contributed by atoms with van der Waals surface area (Å²) in [6.45, 7) is 6.19. The lowest BCUT2D eigenvalue weighted by molar-refractivity contribution is -0.130. The van der Waals surface area contributed by atoms with Crippen LogP contribution in [0.2, 0.25) is 0 Å². The van der Waals surface area contributed by atoms with Crippen LogP contribution in [-0.4, -0.2) is 24.2 Å². The first kappa shape index (κ1) is 17.3. The fourth-order valence-corrected chi connectivity index (χ4v) is 3.47. The molecule has 1 aliphatic heterocycles. The third-order valence-corrected chi connectivity index (χ3v) is 4.83. The Morgan fingerprint density at radius 2 is 1.68 bits per heavy atom. The van der Waals surface area contributed by atoms with Gasteiger partial charge in [0.25, 0.3) is 0 Å². The van der Waals surface area contributed by atoms with Crippen molar-refractivity contribution in [1.29, 1.82) is 0 Å². The standard InChI is InChI=1S/C22H25NO2/c1-16-6-11-20(17(2)14-16)21(22(24)25)15-18-7-9-19(10-8-18)23-12-4-3-5-13-23/h6-11,14-15H,3-5,12-13H2,1-2H3,(H,24,25)/b21-15-. The average molecular weight is 335 g/mol. The summed E-state index contributed by atoms with van der Waals surface area (Å²) in [6.07, 6.45) is 5.57. The molecule has 25 heavy (non-hydrogen) atoms. The van der Waals surface area contributed by atoms with Gasteiger partial charge in [0, 0.05) is 18.8 Å². The largest absolute Gasteiger partial charge is 0.478 e.